The van der Waals surface area contributed by atoms with Crippen LogP contribution in [-0.2, 0) is 13.0 Å². The minimum atomic E-state index is -0.260. The molecule has 7 nitrogen and oxygen atoms in total. The van der Waals surface area contributed by atoms with Crippen molar-refractivity contribution in [2.24, 2.45) is 11.8 Å². The first-order valence-electron chi connectivity index (χ1n) is 10.2. The number of para-hydroxylation sites is 1. The van der Waals surface area contributed by atoms with Crippen LogP contribution >= 0.6 is 0 Å². The van der Waals surface area contributed by atoms with E-state index in [1.54, 1.807) is 0 Å². The van der Waals surface area contributed by atoms with Gasteiger partial charge in [-0.3, -0.25) is 9.59 Å². The molecule has 2 aromatic carbocycles. The number of fused-ring (bicyclic) bond motifs is 2. The maximum atomic E-state index is 12.9. The van der Waals surface area contributed by atoms with Gasteiger partial charge >= 0.3 is 0 Å². The molecule has 1 N–H and O–H groups in total. The third kappa shape index (κ3) is 3.36. The van der Waals surface area contributed by atoms with Crippen molar-refractivity contribution in [1.29, 1.82) is 0 Å². The molecule has 5 rings (SSSR count). The lowest BCUT2D eigenvalue weighted by Gasteiger charge is -2.25. The highest BCUT2D eigenvalue weighted by Crippen LogP contribution is 2.33. The number of hydrogen-bond acceptors (Lipinski definition) is 4. The minimum absolute atomic E-state index is 0.0715. The first-order valence-corrected chi connectivity index (χ1v) is 10.2. The van der Waals surface area contributed by atoms with Crippen molar-refractivity contribution >= 4 is 17.5 Å². The van der Waals surface area contributed by atoms with Crippen molar-refractivity contribution in [3.05, 3.63) is 77.4 Å². The summed E-state index contributed by atoms with van der Waals surface area (Å²) in [6, 6.07) is 17.0. The van der Waals surface area contributed by atoms with Gasteiger partial charge in [0.05, 0.1) is 0 Å². The van der Waals surface area contributed by atoms with Gasteiger partial charge in [-0.2, -0.15) is 0 Å². The van der Waals surface area contributed by atoms with Crippen molar-refractivity contribution in [3.8, 4) is 0 Å². The molecule has 0 radical (unpaired) electrons. The van der Waals surface area contributed by atoms with E-state index in [0.717, 1.165) is 35.6 Å². The van der Waals surface area contributed by atoms with Crippen molar-refractivity contribution in [1.82, 2.24) is 19.7 Å². The van der Waals surface area contributed by atoms with E-state index in [1.807, 2.05) is 71.0 Å². The second-order valence-electron chi connectivity index (χ2n) is 8.17. The Balaban J connectivity index is 1.30. The largest absolute Gasteiger partial charge is 0.338 e. The number of hydrogen-bond donors (Lipinski definition) is 1. The van der Waals surface area contributed by atoms with Crippen LogP contribution in [0.1, 0.15) is 32.4 Å². The fourth-order valence-electron chi connectivity index (χ4n) is 4.45. The zero-order valence-electron chi connectivity index (χ0n) is 16.8. The van der Waals surface area contributed by atoms with Gasteiger partial charge in [0.25, 0.3) is 11.8 Å². The molecule has 3 heterocycles. The molecule has 2 atom stereocenters. The van der Waals surface area contributed by atoms with Crippen molar-refractivity contribution in [3.63, 3.8) is 0 Å². The first kappa shape index (κ1) is 18.5. The third-order valence-electron chi connectivity index (χ3n) is 6.09. The van der Waals surface area contributed by atoms with Crippen molar-refractivity contribution in [2.45, 2.75) is 19.9 Å². The molecule has 0 spiro atoms. The first-order chi connectivity index (χ1) is 14.6. The van der Waals surface area contributed by atoms with Crippen LogP contribution < -0.4 is 5.32 Å². The minimum Gasteiger partial charge on any atom is -0.338 e. The number of nitrogens with one attached hydrogen (secondary N) is 1. The van der Waals surface area contributed by atoms with E-state index in [1.165, 1.54) is 0 Å². The topological polar surface area (TPSA) is 80.1 Å². The lowest BCUT2D eigenvalue weighted by molar-refractivity contribution is 0.0783. The molecule has 0 aliphatic carbocycles. The summed E-state index contributed by atoms with van der Waals surface area (Å²) < 4.78 is 1.92. The number of likely N-dealkylation sites (tertiary alicyclic amines) is 1. The maximum absolute atomic E-state index is 12.9. The predicted molar refractivity (Wildman–Crippen MR) is 112 cm³/mol. The number of aromatic nitrogens is 3. The molecule has 1 fully saturated rings. The summed E-state index contributed by atoms with van der Waals surface area (Å²) in [7, 11) is 0. The summed E-state index contributed by atoms with van der Waals surface area (Å²) in [6.07, 6.45) is 0.730. The van der Waals surface area contributed by atoms with Gasteiger partial charge < -0.3 is 14.8 Å². The van der Waals surface area contributed by atoms with Gasteiger partial charge in [0.15, 0.2) is 0 Å². The van der Waals surface area contributed by atoms with Crippen LogP contribution in [0.25, 0.3) is 0 Å². The van der Waals surface area contributed by atoms with E-state index >= 15 is 0 Å². The van der Waals surface area contributed by atoms with Crippen LogP contribution in [0.15, 0.2) is 54.6 Å². The van der Waals surface area contributed by atoms with E-state index in [-0.39, 0.29) is 11.8 Å². The summed E-state index contributed by atoms with van der Waals surface area (Å²) in [5.74, 6) is 1.60. The van der Waals surface area contributed by atoms with Crippen LogP contribution in [0, 0.1) is 18.8 Å². The number of nitrogens with zero attached hydrogens (tertiary/aromatic N) is 4. The summed E-state index contributed by atoms with van der Waals surface area (Å²) in [6.45, 7) is 4.08. The van der Waals surface area contributed by atoms with Gasteiger partial charge in [-0.15, -0.1) is 10.2 Å². The number of anilines is 1. The Morgan fingerprint density at radius 3 is 2.43 bits per heavy atom. The summed E-state index contributed by atoms with van der Waals surface area (Å²) >= 11 is 0. The Morgan fingerprint density at radius 2 is 1.67 bits per heavy atom. The molecule has 7 heteroatoms. The molecular weight excluding hydrogens is 378 g/mol. The van der Waals surface area contributed by atoms with Gasteiger partial charge in [-0.25, -0.2) is 0 Å². The maximum Gasteiger partial charge on any atom is 0.293 e. The second-order valence-corrected chi connectivity index (χ2v) is 8.17. The normalized spacial score (nSPS) is 19.8. The average Bonchev–Trinajstić information content (AvgIpc) is 3.36. The fraction of sp³-hybridized carbons (Fsp3) is 0.304. The molecule has 0 bridgehead atoms. The molecule has 30 heavy (non-hydrogen) atoms. The Kier molecular flexibility index (Phi) is 4.58. The van der Waals surface area contributed by atoms with Gasteiger partial charge in [0.2, 0.25) is 5.82 Å². The van der Waals surface area contributed by atoms with Gasteiger partial charge in [-0.05, 0) is 43.0 Å². The van der Waals surface area contributed by atoms with Crippen molar-refractivity contribution < 1.29 is 9.59 Å². The quantitative estimate of drug-likeness (QED) is 0.732. The number of rotatable bonds is 3. The molecule has 1 aromatic heterocycles. The molecule has 3 aromatic rings. The molecule has 0 saturated carbocycles. The van der Waals surface area contributed by atoms with E-state index < -0.39 is 0 Å². The molecule has 0 unspecified atom stereocenters. The van der Waals surface area contributed by atoms with Crippen LogP contribution in [0.2, 0.25) is 0 Å². The standard InChI is InChI=1S/C23H23N5O2/c1-15-7-9-16(10-8-15)23(30)27-12-17-11-20-25-26-21(28(20)14-18(17)13-27)22(29)24-19-5-3-2-4-6-19/h2-10,17-18H,11-14H2,1H3,(H,24,29)/t17-,18-/m0/s1. The lowest BCUT2D eigenvalue weighted by Crippen LogP contribution is -2.31. The zero-order valence-corrected chi connectivity index (χ0v) is 16.8. The summed E-state index contributed by atoms with van der Waals surface area (Å²) in [4.78, 5) is 27.6. The molecule has 2 amide bonds. The third-order valence-corrected chi connectivity index (χ3v) is 6.09. The predicted octanol–water partition coefficient (Wildman–Crippen LogP) is 2.78. The van der Waals surface area contributed by atoms with Gasteiger partial charge in [-0.1, -0.05) is 35.9 Å². The Hall–Kier alpha value is -3.48. The zero-order chi connectivity index (χ0) is 20.7. The fourth-order valence-corrected chi connectivity index (χ4v) is 4.45. The smallest absolute Gasteiger partial charge is 0.293 e. The van der Waals surface area contributed by atoms with E-state index in [2.05, 4.69) is 15.5 Å². The number of amides is 2. The monoisotopic (exact) mass is 401 g/mol. The van der Waals surface area contributed by atoms with E-state index in [0.29, 0.717) is 30.7 Å². The highest BCUT2D eigenvalue weighted by molar-refractivity contribution is 6.01. The van der Waals surface area contributed by atoms with E-state index in [9.17, 15) is 9.59 Å². The molecule has 152 valence electrons. The summed E-state index contributed by atoms with van der Waals surface area (Å²) in [5, 5.41) is 11.3. The molecular formula is C23H23N5O2. The van der Waals surface area contributed by atoms with Crippen molar-refractivity contribution in [2.75, 3.05) is 18.4 Å². The SMILES string of the molecule is Cc1ccc(C(=O)N2C[C@@H]3Cc4nnc(C(=O)Nc5ccccc5)n4C[C@@H]3C2)cc1. The number of benzene rings is 2. The van der Waals surface area contributed by atoms with E-state index in [4.69, 9.17) is 0 Å². The molecule has 2 aliphatic heterocycles. The van der Waals surface area contributed by atoms with Crippen LogP contribution in [0.5, 0.6) is 0 Å². The van der Waals surface area contributed by atoms with Crippen LogP contribution in [0.4, 0.5) is 5.69 Å². The van der Waals surface area contributed by atoms with Crippen LogP contribution in [0.3, 0.4) is 0 Å². The lowest BCUT2D eigenvalue weighted by atomic mass is 9.89. The number of aryl methyl sites for hydroxylation is 1. The molecule has 1 saturated heterocycles. The molecule has 2 aliphatic rings. The van der Waals surface area contributed by atoms with Crippen LogP contribution in [-0.4, -0.2) is 44.6 Å². The summed E-state index contributed by atoms with van der Waals surface area (Å²) in [5.41, 5.74) is 2.59. The van der Waals surface area contributed by atoms with Gasteiger partial charge in [0, 0.05) is 37.3 Å². The highest BCUT2D eigenvalue weighted by Gasteiger charge is 2.40. The second kappa shape index (κ2) is 7.40. The highest BCUT2D eigenvalue weighted by atomic mass is 16.2. The Bertz CT molecular complexity index is 1090. The Labute approximate surface area is 174 Å². The average molecular weight is 401 g/mol. The number of carbonyl (C=O) groups excluding carboxylic acids is 2. The van der Waals surface area contributed by atoms with Gasteiger partial charge in [0.1, 0.15) is 5.82 Å². The number of carbonyl (C=O) groups is 2. The Morgan fingerprint density at radius 1 is 0.933 bits per heavy atom.